The molecule has 32 heavy (non-hydrogen) atoms. The minimum absolute atomic E-state index is 0.0451. The Bertz CT molecular complexity index is 1200. The molecule has 0 unspecified atom stereocenters. The average Bonchev–Trinajstić information content (AvgIpc) is 3.06. The second-order valence-corrected chi connectivity index (χ2v) is 13.0. The lowest BCUT2D eigenvalue weighted by atomic mass is 9.84. The van der Waals surface area contributed by atoms with E-state index >= 15 is 0 Å². The highest BCUT2D eigenvalue weighted by molar-refractivity contribution is 7.91. The van der Waals surface area contributed by atoms with Gasteiger partial charge in [-0.15, -0.1) is 0 Å². The molecule has 3 saturated carbocycles. The molecule has 3 heterocycles. The lowest BCUT2D eigenvalue weighted by Gasteiger charge is -2.28. The first-order valence-corrected chi connectivity index (χ1v) is 14.0. The zero-order valence-electron chi connectivity index (χ0n) is 18.9. The fourth-order valence-corrected chi connectivity index (χ4v) is 8.31. The van der Waals surface area contributed by atoms with E-state index in [0.29, 0.717) is 29.5 Å². The maximum Gasteiger partial charge on any atom is 0.252 e. The molecule has 2 aromatic heterocycles. The number of aryl methyl sites for hydroxylation is 1. The molecule has 0 aromatic carbocycles. The van der Waals surface area contributed by atoms with Crippen molar-refractivity contribution in [3.8, 4) is 0 Å². The number of aromatic nitrogens is 3. The van der Waals surface area contributed by atoms with E-state index in [0.717, 1.165) is 41.5 Å². The quantitative estimate of drug-likeness (QED) is 0.743. The molecule has 5 atom stereocenters. The summed E-state index contributed by atoms with van der Waals surface area (Å²) in [5.74, 6) is 2.81. The van der Waals surface area contributed by atoms with Crippen LogP contribution in [-0.4, -0.2) is 46.6 Å². The van der Waals surface area contributed by atoms with Gasteiger partial charge in [-0.3, -0.25) is 4.79 Å². The van der Waals surface area contributed by atoms with Crippen molar-refractivity contribution in [1.29, 1.82) is 0 Å². The molecule has 7 nitrogen and oxygen atoms in total. The summed E-state index contributed by atoms with van der Waals surface area (Å²) < 4.78 is 26.0. The van der Waals surface area contributed by atoms with E-state index in [4.69, 9.17) is 10.1 Å². The summed E-state index contributed by atoms with van der Waals surface area (Å²) in [7, 11) is -3.04. The van der Waals surface area contributed by atoms with Gasteiger partial charge >= 0.3 is 0 Å². The Morgan fingerprint density at radius 1 is 1.19 bits per heavy atom. The van der Waals surface area contributed by atoms with Crippen LogP contribution in [0.15, 0.2) is 6.07 Å². The molecule has 6 rings (SSSR count). The number of pyridine rings is 1. The van der Waals surface area contributed by atoms with Gasteiger partial charge in [0.25, 0.3) is 5.91 Å². The van der Waals surface area contributed by atoms with E-state index in [1.807, 2.05) is 13.0 Å². The first-order valence-electron chi connectivity index (χ1n) is 12.2. The monoisotopic (exact) mass is 456 g/mol. The molecule has 8 heteroatoms. The van der Waals surface area contributed by atoms with Crippen molar-refractivity contribution in [3.05, 3.63) is 23.0 Å². The minimum atomic E-state index is -3.04. The van der Waals surface area contributed by atoms with Crippen LogP contribution in [0.25, 0.3) is 11.0 Å². The van der Waals surface area contributed by atoms with Crippen LogP contribution in [0.3, 0.4) is 0 Å². The van der Waals surface area contributed by atoms with E-state index in [9.17, 15) is 13.2 Å². The molecular formula is C24H32N4O3S. The largest absolute Gasteiger partial charge is 0.349 e. The third kappa shape index (κ3) is 3.45. The maximum absolute atomic E-state index is 13.5. The maximum atomic E-state index is 13.5. The molecular weight excluding hydrogens is 424 g/mol. The Morgan fingerprint density at radius 2 is 2.00 bits per heavy atom. The molecule has 1 saturated heterocycles. The van der Waals surface area contributed by atoms with Crippen molar-refractivity contribution in [2.24, 2.45) is 17.8 Å². The first-order chi connectivity index (χ1) is 15.3. The number of sulfone groups is 1. The second kappa shape index (κ2) is 7.27. The summed E-state index contributed by atoms with van der Waals surface area (Å²) in [6.45, 7) is 4.06. The van der Waals surface area contributed by atoms with Gasteiger partial charge in [-0.1, -0.05) is 6.42 Å². The topological polar surface area (TPSA) is 93.9 Å². The highest BCUT2D eigenvalue weighted by Crippen LogP contribution is 2.49. The standard InChI is InChI=1S/C24H32N4O3S/c1-13(19-10-15-3-4-17(19)9-15)25-24(29)20-11-21(16-5-6-16)26-23-22(20)14(2)27-28(23)18-7-8-32(30,31)12-18/h11,13,15-19H,3-10,12H2,1-2H3,(H,25,29)/t13-,15-,17-,18+,19-/m0/s1. The van der Waals surface area contributed by atoms with Gasteiger partial charge in [0, 0.05) is 17.7 Å². The Kier molecular flexibility index (Phi) is 4.69. The van der Waals surface area contributed by atoms with Crippen LogP contribution in [0.1, 0.15) is 85.6 Å². The summed E-state index contributed by atoms with van der Waals surface area (Å²) in [6, 6.07) is 1.91. The van der Waals surface area contributed by atoms with Crippen molar-refractivity contribution in [2.75, 3.05) is 11.5 Å². The molecule has 2 bridgehead atoms. The van der Waals surface area contributed by atoms with Crippen LogP contribution in [0.2, 0.25) is 0 Å². The number of hydrogen-bond donors (Lipinski definition) is 1. The van der Waals surface area contributed by atoms with E-state index in [2.05, 4.69) is 12.2 Å². The number of fused-ring (bicyclic) bond motifs is 3. The number of carbonyl (C=O) groups is 1. The lowest BCUT2D eigenvalue weighted by molar-refractivity contribution is 0.0916. The summed E-state index contributed by atoms with van der Waals surface area (Å²) in [6.07, 6.45) is 7.95. The van der Waals surface area contributed by atoms with Crippen LogP contribution in [0.5, 0.6) is 0 Å². The summed E-state index contributed by atoms with van der Waals surface area (Å²) in [4.78, 5) is 18.4. The molecule has 1 aliphatic heterocycles. The molecule has 3 aliphatic carbocycles. The zero-order chi connectivity index (χ0) is 22.2. The van der Waals surface area contributed by atoms with Gasteiger partial charge in [0.2, 0.25) is 0 Å². The van der Waals surface area contributed by atoms with E-state index in [1.165, 1.54) is 25.7 Å². The number of nitrogens with one attached hydrogen (secondary N) is 1. The Hall–Kier alpha value is -1.96. The minimum Gasteiger partial charge on any atom is -0.349 e. The normalized spacial score (nSPS) is 31.9. The predicted octanol–water partition coefficient (Wildman–Crippen LogP) is 3.53. The molecule has 172 valence electrons. The van der Waals surface area contributed by atoms with Crippen LogP contribution in [0, 0.1) is 24.7 Å². The highest BCUT2D eigenvalue weighted by atomic mass is 32.2. The van der Waals surface area contributed by atoms with Crippen molar-refractivity contribution >= 4 is 26.8 Å². The highest BCUT2D eigenvalue weighted by Gasteiger charge is 2.42. The number of nitrogens with zero attached hydrogens (tertiary/aromatic N) is 3. The smallest absolute Gasteiger partial charge is 0.252 e. The third-order valence-electron chi connectivity index (χ3n) is 8.45. The number of amides is 1. The van der Waals surface area contributed by atoms with Gasteiger partial charge < -0.3 is 5.32 Å². The van der Waals surface area contributed by atoms with E-state index < -0.39 is 9.84 Å². The van der Waals surface area contributed by atoms with Gasteiger partial charge in [-0.2, -0.15) is 5.10 Å². The molecule has 4 fully saturated rings. The van der Waals surface area contributed by atoms with Crippen LogP contribution in [0.4, 0.5) is 0 Å². The summed E-state index contributed by atoms with van der Waals surface area (Å²) in [5, 5.41) is 8.79. The van der Waals surface area contributed by atoms with Crippen LogP contribution < -0.4 is 5.32 Å². The third-order valence-corrected chi connectivity index (χ3v) is 10.2. The van der Waals surface area contributed by atoms with E-state index in [1.54, 1.807) is 4.68 Å². The number of carbonyl (C=O) groups excluding carboxylic acids is 1. The van der Waals surface area contributed by atoms with Crippen LogP contribution >= 0.6 is 0 Å². The van der Waals surface area contributed by atoms with Gasteiger partial charge in [0.15, 0.2) is 15.5 Å². The molecule has 2 aromatic rings. The van der Waals surface area contributed by atoms with Gasteiger partial charge in [0.05, 0.1) is 34.2 Å². The average molecular weight is 457 g/mol. The number of rotatable bonds is 5. The summed E-state index contributed by atoms with van der Waals surface area (Å²) >= 11 is 0. The van der Waals surface area contributed by atoms with Crippen molar-refractivity contribution in [1.82, 2.24) is 20.1 Å². The van der Waals surface area contributed by atoms with Crippen LogP contribution in [-0.2, 0) is 9.84 Å². The SMILES string of the molecule is Cc1nn([C@@H]2CCS(=O)(=O)C2)c2nc(C3CC3)cc(C(=O)N[C@@H](C)[C@@H]3C[C@H]4CC[C@H]3C4)c12. The molecule has 1 amide bonds. The predicted molar refractivity (Wildman–Crippen MR) is 122 cm³/mol. The van der Waals surface area contributed by atoms with Crippen molar-refractivity contribution in [3.63, 3.8) is 0 Å². The van der Waals surface area contributed by atoms with Gasteiger partial charge in [-0.05, 0) is 76.2 Å². The first kappa shape index (κ1) is 20.6. The molecule has 1 N–H and O–H groups in total. The van der Waals surface area contributed by atoms with Gasteiger partial charge in [-0.25, -0.2) is 18.1 Å². The fourth-order valence-electron chi connectivity index (χ4n) is 6.62. The Morgan fingerprint density at radius 3 is 2.62 bits per heavy atom. The second-order valence-electron chi connectivity index (χ2n) is 10.8. The Labute approximate surface area is 189 Å². The molecule has 0 spiro atoms. The lowest BCUT2D eigenvalue weighted by Crippen LogP contribution is -2.40. The summed E-state index contributed by atoms with van der Waals surface area (Å²) in [5.41, 5.74) is 3.01. The number of hydrogen-bond acceptors (Lipinski definition) is 5. The molecule has 0 radical (unpaired) electrons. The van der Waals surface area contributed by atoms with Gasteiger partial charge in [0.1, 0.15) is 0 Å². The fraction of sp³-hybridized carbons (Fsp3) is 0.708. The Balaban J connectivity index is 1.36. The zero-order valence-corrected chi connectivity index (χ0v) is 19.7. The molecule has 4 aliphatic rings. The van der Waals surface area contributed by atoms with Crippen molar-refractivity contribution in [2.45, 2.75) is 76.8 Å². The van der Waals surface area contributed by atoms with Crippen molar-refractivity contribution < 1.29 is 13.2 Å². The van der Waals surface area contributed by atoms with E-state index in [-0.39, 0.29) is 29.5 Å².